The first-order valence-corrected chi connectivity index (χ1v) is 7.77. The van der Waals surface area contributed by atoms with E-state index in [1.807, 2.05) is 0 Å². The smallest absolute Gasteiger partial charge is 0.303 e. The van der Waals surface area contributed by atoms with Crippen LogP contribution in [0.1, 0.15) is 71.1 Å². The molecule has 0 aliphatic carbocycles. The number of aliphatic carboxylic acids is 1. The lowest BCUT2D eigenvalue weighted by Crippen LogP contribution is -2.05. The van der Waals surface area contributed by atoms with Crippen molar-refractivity contribution < 1.29 is 14.6 Å². The molecule has 0 aromatic carbocycles. The summed E-state index contributed by atoms with van der Waals surface area (Å²) in [5.41, 5.74) is 0. The molecule has 0 saturated carbocycles. The Morgan fingerprint density at radius 3 is 2.00 bits per heavy atom. The molecule has 19 heavy (non-hydrogen) atoms. The van der Waals surface area contributed by atoms with Gasteiger partial charge >= 0.3 is 5.97 Å². The minimum atomic E-state index is -0.659. The molecule has 114 valence electrons. The van der Waals surface area contributed by atoms with E-state index in [-0.39, 0.29) is 0 Å². The summed E-state index contributed by atoms with van der Waals surface area (Å²) in [5.74, 6) is -0.659. The van der Waals surface area contributed by atoms with Gasteiger partial charge in [-0.1, -0.05) is 58.3 Å². The molecule has 0 atom stereocenters. The highest BCUT2D eigenvalue weighted by Gasteiger charge is 1.96. The van der Waals surface area contributed by atoms with E-state index in [0.717, 1.165) is 32.7 Å². The Bertz CT molecular complexity index is 186. The van der Waals surface area contributed by atoms with Crippen molar-refractivity contribution in [1.29, 1.82) is 0 Å². The lowest BCUT2D eigenvalue weighted by molar-refractivity contribution is -0.137. The van der Waals surface area contributed by atoms with Gasteiger partial charge in [-0.15, -0.1) is 0 Å². The molecule has 1 rings (SSSR count). The van der Waals surface area contributed by atoms with Crippen molar-refractivity contribution in [2.24, 2.45) is 0 Å². The minimum absolute atomic E-state index is 0.343. The Hall–Kier alpha value is -0.610. The Morgan fingerprint density at radius 2 is 1.63 bits per heavy atom. The second-order valence-electron chi connectivity index (χ2n) is 5.02. The van der Waals surface area contributed by atoms with Gasteiger partial charge in [0.15, 0.2) is 0 Å². The summed E-state index contributed by atoms with van der Waals surface area (Å²) in [5, 5.41) is 11.4. The van der Waals surface area contributed by atoms with E-state index >= 15 is 0 Å². The number of ether oxygens (including phenoxy) is 1. The van der Waals surface area contributed by atoms with Crippen LogP contribution in [0, 0.1) is 0 Å². The van der Waals surface area contributed by atoms with E-state index in [9.17, 15) is 4.79 Å². The quantitative estimate of drug-likeness (QED) is 0.598. The maximum absolute atomic E-state index is 10.2. The molecule has 4 nitrogen and oxygen atoms in total. The molecule has 0 amide bonds. The molecule has 2 N–H and O–H groups in total. The SMILES string of the molecule is C1COCN1.CCCCCCCCCCCC(=O)O. The van der Waals surface area contributed by atoms with Gasteiger partial charge in [-0.3, -0.25) is 10.1 Å². The third-order valence-electron chi connectivity index (χ3n) is 3.12. The summed E-state index contributed by atoms with van der Waals surface area (Å²) in [6.45, 7) is 4.89. The third kappa shape index (κ3) is 17.4. The van der Waals surface area contributed by atoms with Crippen molar-refractivity contribution in [2.75, 3.05) is 19.9 Å². The molecule has 0 aromatic heterocycles. The van der Waals surface area contributed by atoms with Crippen LogP contribution in [0.25, 0.3) is 0 Å². The highest BCUT2D eigenvalue weighted by atomic mass is 16.5. The monoisotopic (exact) mass is 273 g/mol. The maximum Gasteiger partial charge on any atom is 0.303 e. The summed E-state index contributed by atoms with van der Waals surface area (Å²) in [7, 11) is 0. The molecule has 0 spiro atoms. The number of hydrogen-bond donors (Lipinski definition) is 2. The first kappa shape index (κ1) is 18.4. The fourth-order valence-electron chi connectivity index (χ4n) is 1.95. The Morgan fingerprint density at radius 1 is 1.05 bits per heavy atom. The summed E-state index contributed by atoms with van der Waals surface area (Å²) in [6, 6.07) is 0. The number of unbranched alkanes of at least 4 members (excludes halogenated alkanes) is 8. The van der Waals surface area contributed by atoms with Gasteiger partial charge in [0.1, 0.15) is 0 Å². The highest BCUT2D eigenvalue weighted by molar-refractivity contribution is 5.66. The topological polar surface area (TPSA) is 58.6 Å². The molecule has 1 aliphatic heterocycles. The van der Waals surface area contributed by atoms with E-state index in [2.05, 4.69) is 12.2 Å². The van der Waals surface area contributed by atoms with Crippen LogP contribution >= 0.6 is 0 Å². The number of carbonyl (C=O) groups is 1. The fourth-order valence-corrected chi connectivity index (χ4v) is 1.95. The van der Waals surface area contributed by atoms with Crippen molar-refractivity contribution in [1.82, 2.24) is 5.32 Å². The van der Waals surface area contributed by atoms with E-state index in [1.165, 1.54) is 44.9 Å². The van der Waals surface area contributed by atoms with Crippen LogP contribution < -0.4 is 5.32 Å². The molecule has 1 saturated heterocycles. The average Bonchev–Trinajstić information content (AvgIpc) is 2.95. The minimum Gasteiger partial charge on any atom is -0.481 e. The number of nitrogens with one attached hydrogen (secondary N) is 1. The lowest BCUT2D eigenvalue weighted by atomic mass is 10.1. The van der Waals surface area contributed by atoms with Crippen molar-refractivity contribution in [2.45, 2.75) is 71.1 Å². The molecule has 1 fully saturated rings. The van der Waals surface area contributed by atoms with Gasteiger partial charge in [0.2, 0.25) is 0 Å². The van der Waals surface area contributed by atoms with Gasteiger partial charge in [0.25, 0.3) is 0 Å². The Balaban J connectivity index is 0.000000532. The first-order valence-electron chi connectivity index (χ1n) is 7.77. The molecule has 0 unspecified atom stereocenters. The lowest BCUT2D eigenvalue weighted by Gasteiger charge is -2.00. The Kier molecular flexibility index (Phi) is 15.0. The molecular formula is C15H31NO3. The summed E-state index contributed by atoms with van der Waals surface area (Å²) in [4.78, 5) is 10.2. The van der Waals surface area contributed by atoms with Gasteiger partial charge in [0.05, 0.1) is 13.3 Å². The van der Waals surface area contributed by atoms with Crippen molar-refractivity contribution in [3.05, 3.63) is 0 Å². The maximum atomic E-state index is 10.2. The number of carboxylic acid groups (broad SMARTS) is 1. The van der Waals surface area contributed by atoms with Crippen LogP contribution in [-0.4, -0.2) is 31.0 Å². The molecule has 1 heterocycles. The van der Waals surface area contributed by atoms with E-state index < -0.39 is 5.97 Å². The molecule has 0 aromatic rings. The zero-order valence-corrected chi connectivity index (χ0v) is 12.5. The van der Waals surface area contributed by atoms with Crippen LogP contribution in [0.3, 0.4) is 0 Å². The second-order valence-corrected chi connectivity index (χ2v) is 5.02. The molecule has 1 aliphatic rings. The summed E-state index contributed by atoms with van der Waals surface area (Å²) in [6.07, 6.45) is 11.5. The zero-order chi connectivity index (χ0) is 14.2. The van der Waals surface area contributed by atoms with Gasteiger partial charge in [-0.2, -0.15) is 0 Å². The molecule has 0 bridgehead atoms. The standard InChI is InChI=1S/C12H24O2.C3H7NO/c1-2-3-4-5-6-7-8-9-10-11-12(13)14;1-2-5-3-4-1/h2-11H2,1H3,(H,13,14);4H,1-3H2. The van der Waals surface area contributed by atoms with E-state index in [1.54, 1.807) is 0 Å². The summed E-state index contributed by atoms with van der Waals surface area (Å²) >= 11 is 0. The fraction of sp³-hybridized carbons (Fsp3) is 0.933. The van der Waals surface area contributed by atoms with Crippen LogP contribution in [-0.2, 0) is 9.53 Å². The normalized spacial score (nSPS) is 13.9. The highest BCUT2D eigenvalue weighted by Crippen LogP contribution is 2.10. The summed E-state index contributed by atoms with van der Waals surface area (Å²) < 4.78 is 4.83. The van der Waals surface area contributed by atoms with Crippen LogP contribution in [0.5, 0.6) is 0 Å². The molecular weight excluding hydrogens is 242 g/mol. The van der Waals surface area contributed by atoms with Gasteiger partial charge in [-0.25, -0.2) is 0 Å². The predicted molar refractivity (Wildman–Crippen MR) is 78.3 cm³/mol. The van der Waals surface area contributed by atoms with Gasteiger partial charge in [-0.05, 0) is 6.42 Å². The molecule has 0 radical (unpaired) electrons. The van der Waals surface area contributed by atoms with Crippen molar-refractivity contribution in [3.63, 3.8) is 0 Å². The average molecular weight is 273 g/mol. The van der Waals surface area contributed by atoms with Crippen LogP contribution in [0.15, 0.2) is 0 Å². The Labute approximate surface area is 117 Å². The third-order valence-corrected chi connectivity index (χ3v) is 3.12. The zero-order valence-electron chi connectivity index (χ0n) is 12.5. The largest absolute Gasteiger partial charge is 0.481 e. The van der Waals surface area contributed by atoms with Crippen molar-refractivity contribution in [3.8, 4) is 0 Å². The van der Waals surface area contributed by atoms with Gasteiger partial charge in [0, 0.05) is 13.0 Å². The van der Waals surface area contributed by atoms with Crippen molar-refractivity contribution >= 4 is 5.97 Å². The molecule has 4 heteroatoms. The number of rotatable bonds is 10. The second kappa shape index (κ2) is 15.4. The predicted octanol–water partition coefficient (Wildman–Crippen LogP) is 3.56. The number of carboxylic acids is 1. The van der Waals surface area contributed by atoms with Crippen LogP contribution in [0.2, 0.25) is 0 Å². The van der Waals surface area contributed by atoms with Crippen LogP contribution in [0.4, 0.5) is 0 Å². The van der Waals surface area contributed by atoms with E-state index in [4.69, 9.17) is 9.84 Å². The van der Waals surface area contributed by atoms with E-state index in [0.29, 0.717) is 6.42 Å². The first-order chi connectivity index (χ1) is 9.27. The van der Waals surface area contributed by atoms with Gasteiger partial charge < -0.3 is 9.84 Å². The number of hydrogen-bond acceptors (Lipinski definition) is 3.